The third kappa shape index (κ3) is 2.49. The van der Waals surface area contributed by atoms with Gasteiger partial charge in [0, 0.05) is 16.5 Å². The average molecular weight is 330 g/mol. The van der Waals surface area contributed by atoms with Crippen molar-refractivity contribution in [3.05, 3.63) is 39.5 Å². The Morgan fingerprint density at radius 2 is 2.28 bits per heavy atom. The fourth-order valence-corrected chi connectivity index (χ4v) is 2.05. The number of nitrogens with zero attached hydrogens (tertiary/aromatic N) is 2. The summed E-state index contributed by atoms with van der Waals surface area (Å²) in [4.78, 5) is 12.1. The van der Waals surface area contributed by atoms with Crippen molar-refractivity contribution in [3.8, 4) is 0 Å². The van der Waals surface area contributed by atoms with Gasteiger partial charge in [-0.1, -0.05) is 11.6 Å². The highest BCUT2D eigenvalue weighted by molar-refractivity contribution is 9.10. The molecule has 0 saturated heterocycles. The van der Waals surface area contributed by atoms with Crippen LogP contribution in [0.25, 0.3) is 0 Å². The average Bonchev–Trinajstić information content (AvgIpc) is 2.64. The Hall–Kier alpha value is -1.53. The zero-order chi connectivity index (χ0) is 13.3. The van der Waals surface area contributed by atoms with E-state index in [1.807, 2.05) is 0 Å². The summed E-state index contributed by atoms with van der Waals surface area (Å²) in [5.41, 5.74) is 6.54. The molecule has 2 aromatic rings. The second-order valence-electron chi connectivity index (χ2n) is 3.65. The Bertz CT molecular complexity index is 592. The van der Waals surface area contributed by atoms with Crippen molar-refractivity contribution in [2.75, 3.05) is 11.1 Å². The van der Waals surface area contributed by atoms with E-state index >= 15 is 0 Å². The first-order valence-corrected chi connectivity index (χ1v) is 6.20. The van der Waals surface area contributed by atoms with Gasteiger partial charge in [0.05, 0.1) is 17.4 Å². The molecule has 18 heavy (non-hydrogen) atoms. The topological polar surface area (TPSA) is 72.9 Å². The maximum Gasteiger partial charge on any atom is 0.258 e. The zero-order valence-corrected chi connectivity index (χ0v) is 11.8. The predicted octanol–water partition coefficient (Wildman–Crippen LogP) is 2.67. The Morgan fingerprint density at radius 1 is 1.56 bits per heavy atom. The lowest BCUT2D eigenvalue weighted by atomic mass is 10.2. The van der Waals surface area contributed by atoms with E-state index in [9.17, 15) is 4.79 Å². The fraction of sp³-hybridized carbons (Fsp3) is 0.0909. The van der Waals surface area contributed by atoms with Crippen LogP contribution in [0.15, 0.2) is 28.9 Å². The molecule has 0 aliphatic carbocycles. The van der Waals surface area contributed by atoms with E-state index in [2.05, 4.69) is 26.3 Å². The molecule has 0 spiro atoms. The smallest absolute Gasteiger partial charge is 0.258 e. The number of hydrogen-bond donors (Lipinski definition) is 2. The van der Waals surface area contributed by atoms with Crippen LogP contribution in [0.1, 0.15) is 10.4 Å². The standard InChI is InChI=1S/C11H10BrClN4O/c1-17-10(9(14)5-15-17)16-11(18)7-4-6(13)2-3-8(7)12/h2-5H,14H2,1H3,(H,16,18). The van der Waals surface area contributed by atoms with Gasteiger partial charge in [-0.05, 0) is 34.1 Å². The molecular weight excluding hydrogens is 320 g/mol. The quantitative estimate of drug-likeness (QED) is 0.889. The van der Waals surface area contributed by atoms with Gasteiger partial charge < -0.3 is 11.1 Å². The molecule has 0 fully saturated rings. The van der Waals surface area contributed by atoms with E-state index in [-0.39, 0.29) is 5.91 Å². The van der Waals surface area contributed by atoms with Gasteiger partial charge in [0.1, 0.15) is 0 Å². The lowest BCUT2D eigenvalue weighted by Crippen LogP contribution is -2.16. The first-order chi connectivity index (χ1) is 8.49. The number of benzene rings is 1. The van der Waals surface area contributed by atoms with Gasteiger partial charge in [0.2, 0.25) is 0 Å². The molecule has 0 aliphatic heterocycles. The van der Waals surface area contributed by atoms with Crippen molar-refractivity contribution in [2.24, 2.45) is 7.05 Å². The number of amides is 1. The van der Waals surface area contributed by atoms with E-state index in [0.29, 0.717) is 26.6 Å². The number of anilines is 2. The molecule has 94 valence electrons. The lowest BCUT2D eigenvalue weighted by molar-refractivity contribution is 0.102. The highest BCUT2D eigenvalue weighted by atomic mass is 79.9. The molecule has 0 aliphatic rings. The molecule has 0 bridgehead atoms. The predicted molar refractivity (Wildman–Crippen MR) is 74.7 cm³/mol. The Balaban J connectivity index is 2.30. The van der Waals surface area contributed by atoms with Gasteiger partial charge in [-0.25, -0.2) is 0 Å². The molecule has 0 unspecified atom stereocenters. The maximum atomic E-state index is 12.1. The summed E-state index contributed by atoms with van der Waals surface area (Å²) in [6.07, 6.45) is 1.47. The minimum absolute atomic E-state index is 0.306. The first-order valence-electron chi connectivity index (χ1n) is 5.03. The summed E-state index contributed by atoms with van der Waals surface area (Å²) < 4.78 is 2.15. The Kier molecular flexibility index (Phi) is 3.58. The van der Waals surface area contributed by atoms with Crippen LogP contribution in [0.5, 0.6) is 0 Å². The first kappa shape index (κ1) is 12.9. The lowest BCUT2D eigenvalue weighted by Gasteiger charge is -2.08. The SMILES string of the molecule is Cn1ncc(N)c1NC(=O)c1cc(Cl)ccc1Br. The number of carbonyl (C=O) groups is 1. The van der Waals surface area contributed by atoms with Crippen molar-refractivity contribution in [2.45, 2.75) is 0 Å². The van der Waals surface area contributed by atoms with Crippen molar-refractivity contribution in [1.82, 2.24) is 9.78 Å². The van der Waals surface area contributed by atoms with Crippen LogP contribution in [0.4, 0.5) is 11.5 Å². The van der Waals surface area contributed by atoms with Crippen molar-refractivity contribution in [1.29, 1.82) is 0 Å². The molecule has 2 rings (SSSR count). The molecule has 3 N–H and O–H groups in total. The van der Waals surface area contributed by atoms with Crippen molar-refractivity contribution >= 4 is 44.9 Å². The Labute approximate surface area is 117 Å². The highest BCUT2D eigenvalue weighted by Gasteiger charge is 2.14. The fourth-order valence-electron chi connectivity index (χ4n) is 1.45. The van der Waals surface area contributed by atoms with Gasteiger partial charge in [-0.15, -0.1) is 0 Å². The number of hydrogen-bond acceptors (Lipinski definition) is 3. The van der Waals surface area contributed by atoms with E-state index in [4.69, 9.17) is 17.3 Å². The van der Waals surface area contributed by atoms with E-state index < -0.39 is 0 Å². The number of rotatable bonds is 2. The number of nitrogens with one attached hydrogen (secondary N) is 1. The van der Waals surface area contributed by atoms with Gasteiger partial charge in [-0.2, -0.15) is 5.10 Å². The van der Waals surface area contributed by atoms with Crippen LogP contribution in [-0.4, -0.2) is 15.7 Å². The second kappa shape index (κ2) is 4.99. The number of carbonyl (C=O) groups excluding carboxylic acids is 1. The van der Waals surface area contributed by atoms with Gasteiger partial charge in [0.15, 0.2) is 5.82 Å². The van der Waals surface area contributed by atoms with Gasteiger partial charge >= 0.3 is 0 Å². The summed E-state index contributed by atoms with van der Waals surface area (Å²) in [7, 11) is 1.69. The van der Waals surface area contributed by atoms with Crippen LogP contribution >= 0.6 is 27.5 Å². The molecular formula is C11H10BrClN4O. The second-order valence-corrected chi connectivity index (χ2v) is 4.94. The number of aromatic nitrogens is 2. The Morgan fingerprint density at radius 3 is 2.89 bits per heavy atom. The molecule has 7 heteroatoms. The number of aryl methyl sites for hydroxylation is 1. The number of halogens is 2. The van der Waals surface area contributed by atoms with Gasteiger partial charge in [-0.3, -0.25) is 9.48 Å². The number of nitrogens with two attached hydrogens (primary N) is 1. The maximum absolute atomic E-state index is 12.1. The van der Waals surface area contributed by atoms with Crippen molar-refractivity contribution < 1.29 is 4.79 Å². The molecule has 0 radical (unpaired) electrons. The minimum atomic E-state index is -0.306. The molecule has 1 aromatic carbocycles. The van der Waals surface area contributed by atoms with E-state index in [1.54, 1.807) is 25.2 Å². The van der Waals surface area contributed by atoms with Crippen LogP contribution in [0.2, 0.25) is 5.02 Å². The molecule has 0 saturated carbocycles. The third-order valence-electron chi connectivity index (χ3n) is 2.37. The van der Waals surface area contributed by atoms with E-state index in [0.717, 1.165) is 0 Å². The number of nitrogen functional groups attached to an aromatic ring is 1. The monoisotopic (exact) mass is 328 g/mol. The molecule has 1 aromatic heterocycles. The summed E-state index contributed by atoms with van der Waals surface area (Å²) in [6, 6.07) is 4.98. The molecule has 5 nitrogen and oxygen atoms in total. The molecule has 1 amide bonds. The van der Waals surface area contributed by atoms with Gasteiger partial charge in [0.25, 0.3) is 5.91 Å². The van der Waals surface area contributed by atoms with Crippen LogP contribution in [-0.2, 0) is 7.05 Å². The summed E-state index contributed by atoms with van der Waals surface area (Å²) in [6.45, 7) is 0. The highest BCUT2D eigenvalue weighted by Crippen LogP contribution is 2.23. The molecule has 1 heterocycles. The largest absolute Gasteiger partial charge is 0.394 e. The van der Waals surface area contributed by atoms with Crippen molar-refractivity contribution in [3.63, 3.8) is 0 Å². The van der Waals surface area contributed by atoms with Crippen LogP contribution in [0, 0.1) is 0 Å². The summed E-state index contributed by atoms with van der Waals surface area (Å²) in [5, 5.41) is 7.12. The summed E-state index contributed by atoms with van der Waals surface area (Å²) in [5.74, 6) is 0.145. The summed E-state index contributed by atoms with van der Waals surface area (Å²) >= 11 is 9.16. The normalized spacial score (nSPS) is 10.4. The van der Waals surface area contributed by atoms with Crippen LogP contribution in [0.3, 0.4) is 0 Å². The third-order valence-corrected chi connectivity index (χ3v) is 3.30. The zero-order valence-electron chi connectivity index (χ0n) is 9.45. The minimum Gasteiger partial charge on any atom is -0.394 e. The van der Waals surface area contributed by atoms with E-state index in [1.165, 1.54) is 10.9 Å². The van der Waals surface area contributed by atoms with Crippen LogP contribution < -0.4 is 11.1 Å². The molecule has 0 atom stereocenters.